The van der Waals surface area contributed by atoms with Crippen LogP contribution in [0.4, 0.5) is 5.69 Å². The molecule has 25 heavy (non-hydrogen) atoms. The Kier molecular flexibility index (Phi) is 6.44. The van der Waals surface area contributed by atoms with E-state index in [1.165, 1.54) is 5.56 Å². The van der Waals surface area contributed by atoms with E-state index < -0.39 is 0 Å². The zero-order valence-electron chi connectivity index (χ0n) is 13.9. The molecular formula is C19H21BrN2O3. The Morgan fingerprint density at radius 3 is 2.64 bits per heavy atom. The van der Waals surface area contributed by atoms with Gasteiger partial charge in [0.1, 0.15) is 5.75 Å². The minimum absolute atomic E-state index is 0.0218. The zero-order chi connectivity index (χ0) is 17.5. The van der Waals surface area contributed by atoms with E-state index in [1.54, 1.807) is 0 Å². The molecule has 0 unspecified atom stereocenters. The van der Waals surface area contributed by atoms with Gasteiger partial charge >= 0.3 is 0 Å². The SMILES string of the molecule is O=C(COc1cccc(Br)c1)Nc1ccc(CN2CCOCC2)cc1. The number of hydrogen-bond acceptors (Lipinski definition) is 4. The van der Waals surface area contributed by atoms with Crippen molar-refractivity contribution in [3.8, 4) is 5.75 Å². The normalized spacial score (nSPS) is 14.9. The molecule has 1 aliphatic heterocycles. The van der Waals surface area contributed by atoms with Crippen molar-refractivity contribution in [2.45, 2.75) is 6.54 Å². The highest BCUT2D eigenvalue weighted by Crippen LogP contribution is 2.18. The Morgan fingerprint density at radius 1 is 1.16 bits per heavy atom. The van der Waals surface area contributed by atoms with Crippen molar-refractivity contribution in [2.75, 3.05) is 38.2 Å². The van der Waals surface area contributed by atoms with Crippen molar-refractivity contribution in [1.29, 1.82) is 0 Å². The number of amides is 1. The highest BCUT2D eigenvalue weighted by atomic mass is 79.9. The smallest absolute Gasteiger partial charge is 0.262 e. The molecule has 0 radical (unpaired) electrons. The molecule has 1 amide bonds. The molecule has 5 nitrogen and oxygen atoms in total. The van der Waals surface area contributed by atoms with Gasteiger partial charge in [-0.1, -0.05) is 34.1 Å². The summed E-state index contributed by atoms with van der Waals surface area (Å²) in [6.45, 7) is 4.41. The standard InChI is InChI=1S/C19H21BrN2O3/c20-16-2-1-3-18(12-16)25-14-19(23)21-17-6-4-15(5-7-17)13-22-8-10-24-11-9-22/h1-7,12H,8-11,13-14H2,(H,21,23). The summed E-state index contributed by atoms with van der Waals surface area (Å²) in [5.74, 6) is 0.478. The van der Waals surface area contributed by atoms with Gasteiger partial charge in [-0.3, -0.25) is 9.69 Å². The van der Waals surface area contributed by atoms with Gasteiger partial charge in [-0.2, -0.15) is 0 Å². The molecule has 0 aromatic heterocycles. The average molecular weight is 405 g/mol. The lowest BCUT2D eigenvalue weighted by Crippen LogP contribution is -2.35. The second-order valence-corrected chi connectivity index (χ2v) is 6.80. The molecule has 0 bridgehead atoms. The van der Waals surface area contributed by atoms with Crippen molar-refractivity contribution in [3.05, 3.63) is 58.6 Å². The van der Waals surface area contributed by atoms with Crippen LogP contribution < -0.4 is 10.1 Å². The molecule has 2 aromatic carbocycles. The molecule has 2 aromatic rings. The molecule has 1 heterocycles. The van der Waals surface area contributed by atoms with E-state index in [1.807, 2.05) is 48.5 Å². The van der Waals surface area contributed by atoms with Crippen LogP contribution in [0.5, 0.6) is 5.75 Å². The first kappa shape index (κ1) is 17.9. The minimum Gasteiger partial charge on any atom is -0.484 e. The maximum Gasteiger partial charge on any atom is 0.262 e. The molecule has 0 spiro atoms. The number of carbonyl (C=O) groups excluding carboxylic acids is 1. The number of carbonyl (C=O) groups is 1. The van der Waals surface area contributed by atoms with Gasteiger partial charge in [0.15, 0.2) is 6.61 Å². The van der Waals surface area contributed by atoms with E-state index in [0.29, 0.717) is 5.75 Å². The van der Waals surface area contributed by atoms with E-state index in [4.69, 9.17) is 9.47 Å². The van der Waals surface area contributed by atoms with Crippen LogP contribution >= 0.6 is 15.9 Å². The van der Waals surface area contributed by atoms with E-state index in [2.05, 4.69) is 26.1 Å². The first-order valence-electron chi connectivity index (χ1n) is 8.26. The summed E-state index contributed by atoms with van der Waals surface area (Å²) in [6, 6.07) is 15.3. The highest BCUT2D eigenvalue weighted by Gasteiger charge is 2.10. The number of benzene rings is 2. The van der Waals surface area contributed by atoms with E-state index in [9.17, 15) is 4.79 Å². The number of nitrogens with zero attached hydrogens (tertiary/aromatic N) is 1. The molecule has 0 saturated carbocycles. The van der Waals surface area contributed by atoms with E-state index in [-0.39, 0.29) is 12.5 Å². The van der Waals surface area contributed by atoms with Gasteiger partial charge in [0.25, 0.3) is 5.91 Å². The summed E-state index contributed by atoms with van der Waals surface area (Å²) in [7, 11) is 0. The largest absolute Gasteiger partial charge is 0.484 e. The quantitative estimate of drug-likeness (QED) is 0.802. The summed E-state index contributed by atoms with van der Waals surface area (Å²) < 4.78 is 11.8. The van der Waals surface area contributed by atoms with Gasteiger partial charge in [0.2, 0.25) is 0 Å². The van der Waals surface area contributed by atoms with Gasteiger partial charge in [-0.25, -0.2) is 0 Å². The van der Waals surface area contributed by atoms with Gasteiger partial charge < -0.3 is 14.8 Å². The average Bonchev–Trinajstić information content (AvgIpc) is 2.63. The van der Waals surface area contributed by atoms with E-state index >= 15 is 0 Å². The van der Waals surface area contributed by atoms with Crippen LogP contribution in [0.2, 0.25) is 0 Å². The highest BCUT2D eigenvalue weighted by molar-refractivity contribution is 9.10. The molecule has 0 atom stereocenters. The number of hydrogen-bond donors (Lipinski definition) is 1. The van der Waals surface area contributed by atoms with Crippen LogP contribution in [0.15, 0.2) is 53.0 Å². The Balaban J connectivity index is 1.46. The molecule has 1 aliphatic rings. The summed E-state index contributed by atoms with van der Waals surface area (Å²) in [4.78, 5) is 14.4. The van der Waals surface area contributed by atoms with Crippen LogP contribution in [0, 0.1) is 0 Å². The van der Waals surface area contributed by atoms with Crippen molar-refractivity contribution >= 4 is 27.5 Å². The summed E-state index contributed by atoms with van der Waals surface area (Å²) >= 11 is 3.37. The Labute approximate surface area is 156 Å². The lowest BCUT2D eigenvalue weighted by atomic mass is 10.2. The Morgan fingerprint density at radius 2 is 1.92 bits per heavy atom. The molecule has 132 valence electrons. The molecule has 3 rings (SSSR count). The predicted molar refractivity (Wildman–Crippen MR) is 101 cm³/mol. The molecular weight excluding hydrogens is 384 g/mol. The van der Waals surface area contributed by atoms with Crippen LogP contribution in [-0.4, -0.2) is 43.7 Å². The van der Waals surface area contributed by atoms with Gasteiger partial charge in [0, 0.05) is 29.8 Å². The third-order valence-corrected chi connectivity index (χ3v) is 4.41. The maximum absolute atomic E-state index is 12.0. The first-order chi connectivity index (χ1) is 12.2. The van der Waals surface area contributed by atoms with Crippen LogP contribution in [0.1, 0.15) is 5.56 Å². The van der Waals surface area contributed by atoms with Crippen LogP contribution in [0.3, 0.4) is 0 Å². The molecule has 1 N–H and O–H groups in total. The zero-order valence-corrected chi connectivity index (χ0v) is 15.5. The molecule has 6 heteroatoms. The van der Waals surface area contributed by atoms with Crippen molar-refractivity contribution < 1.29 is 14.3 Å². The fourth-order valence-electron chi connectivity index (χ4n) is 2.61. The van der Waals surface area contributed by atoms with Crippen LogP contribution in [0.25, 0.3) is 0 Å². The number of morpholine rings is 1. The monoisotopic (exact) mass is 404 g/mol. The fraction of sp³-hybridized carbons (Fsp3) is 0.316. The fourth-order valence-corrected chi connectivity index (χ4v) is 2.99. The van der Waals surface area contributed by atoms with Gasteiger partial charge in [0.05, 0.1) is 13.2 Å². The second kappa shape index (κ2) is 8.99. The second-order valence-electron chi connectivity index (χ2n) is 5.88. The molecule has 1 saturated heterocycles. The summed E-state index contributed by atoms with van der Waals surface area (Å²) in [5, 5.41) is 2.85. The summed E-state index contributed by atoms with van der Waals surface area (Å²) in [6.07, 6.45) is 0. The topological polar surface area (TPSA) is 50.8 Å². The van der Waals surface area contributed by atoms with Crippen molar-refractivity contribution in [3.63, 3.8) is 0 Å². The number of nitrogens with one attached hydrogen (secondary N) is 1. The first-order valence-corrected chi connectivity index (χ1v) is 9.05. The van der Waals surface area contributed by atoms with Crippen molar-refractivity contribution in [1.82, 2.24) is 4.90 Å². The number of anilines is 1. The number of rotatable bonds is 6. The third-order valence-electron chi connectivity index (χ3n) is 3.91. The van der Waals surface area contributed by atoms with Gasteiger partial charge in [-0.15, -0.1) is 0 Å². The Hall–Kier alpha value is -1.89. The predicted octanol–water partition coefficient (Wildman–Crippen LogP) is 3.30. The summed E-state index contributed by atoms with van der Waals surface area (Å²) in [5.41, 5.74) is 2.00. The molecule has 0 aliphatic carbocycles. The number of halogens is 1. The molecule has 1 fully saturated rings. The van der Waals surface area contributed by atoms with E-state index in [0.717, 1.165) is 43.0 Å². The van der Waals surface area contributed by atoms with Crippen LogP contribution in [-0.2, 0) is 16.1 Å². The lowest BCUT2D eigenvalue weighted by molar-refractivity contribution is -0.118. The third kappa shape index (κ3) is 5.85. The lowest BCUT2D eigenvalue weighted by Gasteiger charge is -2.26. The minimum atomic E-state index is -0.180. The Bertz CT molecular complexity index is 700. The van der Waals surface area contributed by atoms with Gasteiger partial charge in [-0.05, 0) is 35.9 Å². The maximum atomic E-state index is 12.0. The number of ether oxygens (including phenoxy) is 2. The van der Waals surface area contributed by atoms with Crippen molar-refractivity contribution in [2.24, 2.45) is 0 Å².